The molecule has 3 aromatic carbocycles. The van der Waals surface area contributed by atoms with Crippen LogP contribution in [0.25, 0.3) is 0 Å². The summed E-state index contributed by atoms with van der Waals surface area (Å²) in [6.07, 6.45) is 0. The lowest BCUT2D eigenvalue weighted by Crippen LogP contribution is -2.47. The third-order valence-corrected chi connectivity index (χ3v) is 6.59. The highest BCUT2D eigenvalue weighted by atomic mass is 16.3. The number of hydrogen-bond donors (Lipinski definition) is 9. The molecule has 0 radical (unpaired) electrons. The summed E-state index contributed by atoms with van der Waals surface area (Å²) in [7, 11) is 0. The van der Waals surface area contributed by atoms with Crippen LogP contribution in [0, 0.1) is 0 Å². The highest BCUT2D eigenvalue weighted by Crippen LogP contribution is 2.15. The number of aliphatic hydroxyl groups is 3. The Morgan fingerprint density at radius 1 is 0.444 bits per heavy atom. The second-order valence-corrected chi connectivity index (χ2v) is 9.84. The Kier molecular flexibility index (Phi) is 10.5. The molecule has 6 bridgehead atoms. The number of benzene rings is 3. The zero-order valence-electron chi connectivity index (χ0n) is 23.6. The molecule has 0 saturated carbocycles. The summed E-state index contributed by atoms with van der Waals surface area (Å²) in [4.78, 5) is 77.4. The molecule has 15 nitrogen and oxygen atoms in total. The summed E-state index contributed by atoms with van der Waals surface area (Å²) >= 11 is 0. The van der Waals surface area contributed by atoms with E-state index in [0.29, 0.717) is 0 Å². The fraction of sp³-hybridized carbons (Fsp3) is 0.200. The molecule has 1 aliphatic rings. The van der Waals surface area contributed by atoms with Crippen LogP contribution in [-0.2, 0) is 14.4 Å². The Bertz CT molecular complexity index is 1440. The van der Waals surface area contributed by atoms with Crippen molar-refractivity contribution < 1.29 is 44.1 Å². The first-order valence-electron chi connectivity index (χ1n) is 13.6. The highest BCUT2D eigenvalue weighted by molar-refractivity contribution is 6.06. The van der Waals surface area contributed by atoms with E-state index in [1.54, 1.807) is 0 Å². The first kappa shape index (κ1) is 32.3. The van der Waals surface area contributed by atoms with E-state index in [-0.39, 0.29) is 33.8 Å². The predicted molar refractivity (Wildman–Crippen MR) is 160 cm³/mol. The molecule has 0 saturated heterocycles. The number of carbonyl (C=O) groups excluding carboxylic acids is 6. The maximum Gasteiger partial charge on any atom is 0.252 e. The molecule has 15 heteroatoms. The van der Waals surface area contributed by atoms with Crippen molar-refractivity contribution in [1.82, 2.24) is 16.0 Å². The third-order valence-electron chi connectivity index (χ3n) is 6.59. The van der Waals surface area contributed by atoms with E-state index in [1.165, 1.54) is 72.8 Å². The Balaban J connectivity index is 1.67. The van der Waals surface area contributed by atoms with E-state index in [9.17, 15) is 44.1 Å². The van der Waals surface area contributed by atoms with Crippen LogP contribution in [0.1, 0.15) is 31.1 Å². The molecule has 1 aliphatic heterocycles. The van der Waals surface area contributed by atoms with Gasteiger partial charge >= 0.3 is 0 Å². The minimum Gasteiger partial charge on any atom is -0.394 e. The molecule has 4 rings (SSSR count). The van der Waals surface area contributed by atoms with Crippen molar-refractivity contribution >= 4 is 52.5 Å². The molecule has 0 aromatic heterocycles. The van der Waals surface area contributed by atoms with Gasteiger partial charge in [-0.3, -0.25) is 28.8 Å². The molecule has 234 valence electrons. The zero-order chi connectivity index (χ0) is 32.5. The molecule has 6 amide bonds. The Morgan fingerprint density at radius 2 is 0.711 bits per heavy atom. The standard InChI is InChI=1S/C30H30N6O9/c37-13-22-28(43)31-19-7-1-4-16(10-19)25(40)34-23(14-38)29(44)32-20-8-3-6-18(12-20)27(42)36-24(15-39)30(45)33-21-9-2-5-17(11-21)26(41)35-22/h1-12,22-24,37-39H,13-15H2,(H,31,43)(H,32,44)(H,33,45)(H,34,40)(H,35,41)(H,36,42)/t22-,23-,24-/m0/s1. The van der Waals surface area contributed by atoms with Crippen LogP contribution in [0.3, 0.4) is 0 Å². The van der Waals surface area contributed by atoms with E-state index >= 15 is 0 Å². The zero-order valence-corrected chi connectivity index (χ0v) is 23.6. The van der Waals surface area contributed by atoms with E-state index < -0.39 is 73.4 Å². The molecule has 0 spiro atoms. The van der Waals surface area contributed by atoms with Gasteiger partial charge in [0.1, 0.15) is 18.1 Å². The minimum absolute atomic E-state index is 0.0223. The van der Waals surface area contributed by atoms with Crippen LogP contribution in [-0.4, -0.2) is 88.7 Å². The van der Waals surface area contributed by atoms with Crippen LogP contribution in [0.2, 0.25) is 0 Å². The van der Waals surface area contributed by atoms with Crippen molar-refractivity contribution in [3.63, 3.8) is 0 Å². The average Bonchev–Trinajstić information content (AvgIpc) is 3.04. The molecule has 1 heterocycles. The smallest absolute Gasteiger partial charge is 0.252 e. The fourth-order valence-electron chi connectivity index (χ4n) is 4.21. The van der Waals surface area contributed by atoms with Gasteiger partial charge in [-0.1, -0.05) is 18.2 Å². The first-order chi connectivity index (χ1) is 21.6. The van der Waals surface area contributed by atoms with Gasteiger partial charge in [-0.25, -0.2) is 0 Å². The number of amides is 6. The Morgan fingerprint density at radius 3 is 0.956 bits per heavy atom. The second kappa shape index (κ2) is 14.7. The number of aliphatic hydroxyl groups excluding tert-OH is 3. The molecular weight excluding hydrogens is 588 g/mol. The quantitative estimate of drug-likeness (QED) is 0.178. The number of rotatable bonds is 3. The lowest BCUT2D eigenvalue weighted by molar-refractivity contribution is -0.119. The number of hydrogen-bond acceptors (Lipinski definition) is 9. The van der Waals surface area contributed by atoms with E-state index in [2.05, 4.69) is 31.9 Å². The highest BCUT2D eigenvalue weighted by Gasteiger charge is 2.25. The van der Waals surface area contributed by atoms with Crippen molar-refractivity contribution in [3.8, 4) is 0 Å². The molecule has 9 N–H and O–H groups in total. The number of fused-ring (bicyclic) bond motifs is 6. The summed E-state index contributed by atoms with van der Waals surface area (Å²) in [6, 6.07) is 12.6. The fourth-order valence-corrected chi connectivity index (χ4v) is 4.21. The van der Waals surface area contributed by atoms with E-state index in [1.807, 2.05) is 0 Å². The van der Waals surface area contributed by atoms with Crippen LogP contribution in [0.5, 0.6) is 0 Å². The van der Waals surface area contributed by atoms with Gasteiger partial charge in [0, 0.05) is 33.8 Å². The lowest BCUT2D eigenvalue weighted by Gasteiger charge is -2.19. The summed E-state index contributed by atoms with van der Waals surface area (Å²) in [5.74, 6) is -4.70. The number of nitrogens with one attached hydrogen (secondary N) is 6. The van der Waals surface area contributed by atoms with Crippen molar-refractivity contribution in [3.05, 3.63) is 89.5 Å². The van der Waals surface area contributed by atoms with Crippen LogP contribution in [0.15, 0.2) is 72.8 Å². The van der Waals surface area contributed by atoms with Crippen LogP contribution in [0.4, 0.5) is 17.1 Å². The van der Waals surface area contributed by atoms with Gasteiger partial charge in [0.2, 0.25) is 17.7 Å². The van der Waals surface area contributed by atoms with Gasteiger partial charge < -0.3 is 47.2 Å². The topological polar surface area (TPSA) is 235 Å². The van der Waals surface area contributed by atoms with E-state index in [4.69, 9.17) is 0 Å². The van der Waals surface area contributed by atoms with Crippen molar-refractivity contribution in [2.24, 2.45) is 0 Å². The maximum atomic E-state index is 12.9. The second-order valence-electron chi connectivity index (χ2n) is 9.84. The Labute approximate surface area is 256 Å². The summed E-state index contributed by atoms with van der Waals surface area (Å²) in [5.41, 5.74) is 0.478. The molecule has 3 aromatic rings. The van der Waals surface area contributed by atoms with Crippen LogP contribution >= 0.6 is 0 Å². The number of anilines is 3. The maximum absolute atomic E-state index is 12.9. The molecule has 3 atom stereocenters. The largest absolute Gasteiger partial charge is 0.394 e. The van der Waals surface area contributed by atoms with Crippen molar-refractivity contribution in [2.45, 2.75) is 18.1 Å². The molecular formula is C30H30N6O9. The first-order valence-corrected chi connectivity index (χ1v) is 13.6. The van der Waals surface area contributed by atoms with Gasteiger partial charge in [-0.2, -0.15) is 0 Å². The summed E-state index contributed by atoms with van der Waals surface area (Å²) in [5, 5.41) is 44.1. The van der Waals surface area contributed by atoms with Crippen LogP contribution < -0.4 is 31.9 Å². The van der Waals surface area contributed by atoms with Crippen molar-refractivity contribution in [1.29, 1.82) is 0 Å². The predicted octanol–water partition coefficient (Wildman–Crippen LogP) is -0.812. The average molecular weight is 619 g/mol. The third kappa shape index (κ3) is 8.26. The normalized spacial score (nSPS) is 19.9. The molecule has 0 fully saturated rings. The summed E-state index contributed by atoms with van der Waals surface area (Å²) < 4.78 is 0. The van der Waals surface area contributed by atoms with Crippen molar-refractivity contribution in [2.75, 3.05) is 35.8 Å². The number of carbonyl (C=O) groups is 6. The molecule has 0 aliphatic carbocycles. The van der Waals surface area contributed by atoms with Gasteiger partial charge in [-0.15, -0.1) is 0 Å². The monoisotopic (exact) mass is 618 g/mol. The van der Waals surface area contributed by atoms with Gasteiger partial charge in [-0.05, 0) is 54.6 Å². The molecule has 45 heavy (non-hydrogen) atoms. The van der Waals surface area contributed by atoms with Gasteiger partial charge in [0.25, 0.3) is 17.7 Å². The lowest BCUT2D eigenvalue weighted by atomic mass is 10.1. The van der Waals surface area contributed by atoms with E-state index in [0.717, 1.165) is 0 Å². The minimum atomic E-state index is -1.41. The summed E-state index contributed by atoms with van der Waals surface area (Å²) in [6.45, 7) is -2.33. The van der Waals surface area contributed by atoms with Gasteiger partial charge in [0.05, 0.1) is 19.8 Å². The SMILES string of the molecule is O=C1N[C@@H](CO)C(=O)Nc2cccc(c2)C(=O)N[C@@H](CO)C(=O)Nc2cccc(c2)C(=O)N[C@@H](CO)C(=O)Nc2cccc1c2. The Hall–Kier alpha value is -5.64. The molecule has 0 unspecified atom stereocenters. The van der Waals surface area contributed by atoms with Gasteiger partial charge in [0.15, 0.2) is 0 Å².